The maximum atomic E-state index is 13.4. The van der Waals surface area contributed by atoms with Crippen molar-refractivity contribution in [2.75, 3.05) is 13.7 Å². The topological polar surface area (TPSA) is 97.8 Å². The van der Waals surface area contributed by atoms with Crippen molar-refractivity contribution >= 4 is 18.0 Å². The van der Waals surface area contributed by atoms with Crippen LogP contribution in [-0.4, -0.2) is 59.2 Å². The van der Waals surface area contributed by atoms with Crippen LogP contribution in [0, 0.1) is 5.92 Å². The van der Waals surface area contributed by atoms with Crippen molar-refractivity contribution in [2.24, 2.45) is 5.92 Å². The van der Waals surface area contributed by atoms with Crippen LogP contribution >= 0.6 is 0 Å². The lowest BCUT2D eigenvalue weighted by Crippen LogP contribution is -2.57. The van der Waals surface area contributed by atoms with Gasteiger partial charge >= 0.3 is 12.1 Å². The number of rotatable bonds is 5. The van der Waals surface area contributed by atoms with E-state index in [2.05, 4.69) is 10.3 Å². The Labute approximate surface area is 172 Å². The van der Waals surface area contributed by atoms with Crippen LogP contribution in [0.3, 0.4) is 0 Å². The molecule has 1 aliphatic rings. The van der Waals surface area contributed by atoms with Crippen LogP contribution in [0.5, 0.6) is 0 Å². The zero-order valence-corrected chi connectivity index (χ0v) is 17.8. The number of hydrogen-bond donors (Lipinski definition) is 1. The van der Waals surface area contributed by atoms with Gasteiger partial charge in [0.25, 0.3) is 0 Å². The number of likely N-dealkylation sites (tertiary alicyclic amines) is 1. The summed E-state index contributed by atoms with van der Waals surface area (Å²) in [5, 5.41) is 2.68. The highest BCUT2D eigenvalue weighted by Crippen LogP contribution is 2.24. The van der Waals surface area contributed by atoms with E-state index in [0.29, 0.717) is 18.9 Å². The Morgan fingerprint density at radius 3 is 2.66 bits per heavy atom. The second kappa shape index (κ2) is 9.71. The monoisotopic (exact) mass is 405 g/mol. The van der Waals surface area contributed by atoms with Crippen LogP contribution in [0.25, 0.3) is 0 Å². The van der Waals surface area contributed by atoms with Crippen molar-refractivity contribution in [3.8, 4) is 0 Å². The first-order chi connectivity index (χ1) is 13.6. The minimum absolute atomic E-state index is 0.242. The molecule has 1 N–H and O–H groups in total. The van der Waals surface area contributed by atoms with Gasteiger partial charge in [0.1, 0.15) is 17.7 Å². The van der Waals surface area contributed by atoms with Gasteiger partial charge in [0.05, 0.1) is 7.11 Å². The average molecular weight is 405 g/mol. The number of carbonyl (C=O) groups is 3. The molecular weight excluding hydrogens is 374 g/mol. The molecule has 3 atom stereocenters. The first-order valence-corrected chi connectivity index (χ1v) is 9.87. The molecular formula is C21H31N3O5. The van der Waals surface area contributed by atoms with Crippen molar-refractivity contribution in [1.29, 1.82) is 0 Å². The number of ether oxygens (including phenoxy) is 2. The number of amides is 2. The van der Waals surface area contributed by atoms with Gasteiger partial charge in [-0.1, -0.05) is 13.0 Å². The summed E-state index contributed by atoms with van der Waals surface area (Å²) < 4.78 is 10.2. The fourth-order valence-electron chi connectivity index (χ4n) is 3.37. The number of piperidine rings is 1. The van der Waals surface area contributed by atoms with Crippen molar-refractivity contribution < 1.29 is 23.9 Å². The molecule has 0 spiro atoms. The van der Waals surface area contributed by atoms with Gasteiger partial charge in [0.2, 0.25) is 5.91 Å². The summed E-state index contributed by atoms with van der Waals surface area (Å²) in [6.07, 6.45) is 4.16. The second-order valence-electron chi connectivity index (χ2n) is 8.46. The Balaban J connectivity index is 2.24. The third kappa shape index (κ3) is 6.73. The molecule has 0 aliphatic carbocycles. The Hall–Kier alpha value is -2.64. The van der Waals surface area contributed by atoms with E-state index in [1.807, 2.05) is 13.0 Å². The predicted molar refractivity (Wildman–Crippen MR) is 107 cm³/mol. The third-order valence-electron chi connectivity index (χ3n) is 4.77. The summed E-state index contributed by atoms with van der Waals surface area (Å²) in [6.45, 7) is 7.74. The Morgan fingerprint density at radius 1 is 1.34 bits per heavy atom. The number of pyridine rings is 1. The lowest BCUT2D eigenvalue weighted by molar-refractivity contribution is -0.156. The first-order valence-electron chi connectivity index (χ1n) is 9.87. The van der Waals surface area contributed by atoms with E-state index >= 15 is 0 Å². The number of nitrogens with one attached hydrogen (secondary N) is 1. The molecule has 160 valence electrons. The van der Waals surface area contributed by atoms with Crippen molar-refractivity contribution in [3.05, 3.63) is 30.1 Å². The van der Waals surface area contributed by atoms with E-state index in [0.717, 1.165) is 12.0 Å². The van der Waals surface area contributed by atoms with E-state index in [-0.39, 0.29) is 12.3 Å². The van der Waals surface area contributed by atoms with Crippen LogP contribution in [0.2, 0.25) is 0 Å². The molecule has 2 rings (SSSR count). The standard InChI is InChI=1S/C21H31N3O5/c1-14-8-10-24(17(11-14)19(26)28-5)18(25)16(12-15-7-6-9-22-13-15)23-20(27)29-21(2,3)4/h6-7,9,13-14,16-17H,8,10-12H2,1-5H3,(H,23,27)/t14-,16+,17-/m1/s1. The van der Waals surface area contributed by atoms with E-state index in [9.17, 15) is 14.4 Å². The highest BCUT2D eigenvalue weighted by molar-refractivity contribution is 5.90. The second-order valence-corrected chi connectivity index (χ2v) is 8.46. The van der Waals surface area contributed by atoms with Crippen LogP contribution in [-0.2, 0) is 25.5 Å². The van der Waals surface area contributed by atoms with Crippen LogP contribution in [0.4, 0.5) is 4.79 Å². The molecule has 1 saturated heterocycles. The van der Waals surface area contributed by atoms with Crippen LogP contribution < -0.4 is 5.32 Å². The van der Waals surface area contributed by atoms with E-state index in [1.165, 1.54) is 12.0 Å². The summed E-state index contributed by atoms with van der Waals surface area (Å²) >= 11 is 0. The van der Waals surface area contributed by atoms with Crippen molar-refractivity contribution in [1.82, 2.24) is 15.2 Å². The first kappa shape index (κ1) is 22.6. The van der Waals surface area contributed by atoms with Gasteiger partial charge in [0, 0.05) is 25.4 Å². The number of carbonyl (C=O) groups excluding carboxylic acids is 3. The summed E-state index contributed by atoms with van der Waals surface area (Å²) in [6, 6.07) is 2.06. The minimum atomic E-state index is -0.880. The number of alkyl carbamates (subject to hydrolysis) is 1. The Morgan fingerprint density at radius 2 is 2.07 bits per heavy atom. The summed E-state index contributed by atoms with van der Waals surface area (Å²) in [7, 11) is 1.32. The normalized spacial score (nSPS) is 20.5. The maximum absolute atomic E-state index is 13.4. The van der Waals surface area contributed by atoms with Gasteiger partial charge in [-0.3, -0.25) is 9.78 Å². The van der Waals surface area contributed by atoms with Crippen molar-refractivity contribution in [3.63, 3.8) is 0 Å². The molecule has 8 heteroatoms. The molecule has 0 saturated carbocycles. The molecule has 29 heavy (non-hydrogen) atoms. The summed E-state index contributed by atoms with van der Waals surface area (Å²) in [4.78, 5) is 43.6. The van der Waals surface area contributed by atoms with E-state index in [4.69, 9.17) is 9.47 Å². The molecule has 0 bridgehead atoms. The highest BCUT2D eigenvalue weighted by Gasteiger charge is 2.39. The van der Waals surface area contributed by atoms with Gasteiger partial charge < -0.3 is 19.7 Å². The van der Waals surface area contributed by atoms with Gasteiger partial charge in [0.15, 0.2) is 0 Å². The minimum Gasteiger partial charge on any atom is -0.467 e. The van der Waals surface area contributed by atoms with Gasteiger partial charge in [-0.2, -0.15) is 0 Å². The molecule has 1 fully saturated rings. The summed E-state index contributed by atoms with van der Waals surface area (Å²) in [5.74, 6) is -0.469. The third-order valence-corrected chi connectivity index (χ3v) is 4.77. The molecule has 0 unspecified atom stereocenters. The summed E-state index contributed by atoms with van der Waals surface area (Å²) in [5.41, 5.74) is 0.100. The molecule has 0 radical (unpaired) electrons. The SMILES string of the molecule is COC(=O)[C@H]1C[C@H](C)CCN1C(=O)[C@H](Cc1cccnc1)NC(=O)OC(C)(C)C. The number of esters is 1. The quantitative estimate of drug-likeness (QED) is 0.755. The molecule has 2 heterocycles. The maximum Gasteiger partial charge on any atom is 0.408 e. The Kier molecular flexibility index (Phi) is 7.59. The predicted octanol–water partition coefficient (Wildman–Crippen LogP) is 2.32. The lowest BCUT2D eigenvalue weighted by Gasteiger charge is -2.38. The zero-order chi connectivity index (χ0) is 21.6. The van der Waals surface area contributed by atoms with Gasteiger partial charge in [-0.15, -0.1) is 0 Å². The fourth-order valence-corrected chi connectivity index (χ4v) is 3.37. The fraction of sp³-hybridized carbons (Fsp3) is 0.619. The number of methoxy groups -OCH3 is 1. The molecule has 1 aromatic rings. The van der Waals surface area contributed by atoms with E-state index in [1.54, 1.807) is 39.2 Å². The van der Waals surface area contributed by atoms with Gasteiger partial charge in [-0.05, 0) is 51.2 Å². The zero-order valence-electron chi connectivity index (χ0n) is 17.8. The van der Waals surface area contributed by atoms with E-state index < -0.39 is 29.7 Å². The number of nitrogens with zero attached hydrogens (tertiary/aromatic N) is 2. The van der Waals surface area contributed by atoms with Crippen LogP contribution in [0.1, 0.15) is 46.1 Å². The largest absolute Gasteiger partial charge is 0.467 e. The molecule has 1 aliphatic heterocycles. The molecule has 8 nitrogen and oxygen atoms in total. The molecule has 0 aromatic carbocycles. The molecule has 1 aromatic heterocycles. The van der Waals surface area contributed by atoms with Crippen LogP contribution in [0.15, 0.2) is 24.5 Å². The average Bonchev–Trinajstić information content (AvgIpc) is 2.65. The Bertz CT molecular complexity index is 717. The number of aromatic nitrogens is 1. The highest BCUT2D eigenvalue weighted by atomic mass is 16.6. The molecule has 2 amide bonds. The smallest absolute Gasteiger partial charge is 0.408 e. The number of hydrogen-bond acceptors (Lipinski definition) is 6. The van der Waals surface area contributed by atoms with Gasteiger partial charge in [-0.25, -0.2) is 9.59 Å². The lowest BCUT2D eigenvalue weighted by atomic mass is 9.91. The van der Waals surface area contributed by atoms with Crippen molar-refractivity contribution in [2.45, 2.75) is 64.6 Å².